The fraction of sp³-hybridized carbons (Fsp3) is 0.462. The Morgan fingerprint density at radius 1 is 1.20 bits per heavy atom. The summed E-state index contributed by atoms with van der Waals surface area (Å²) in [6.45, 7) is 7.97. The Balaban J connectivity index is 2.85. The third-order valence-electron chi connectivity index (χ3n) is 2.11. The molecule has 0 saturated heterocycles. The van der Waals surface area contributed by atoms with Gasteiger partial charge in [-0.3, -0.25) is 4.79 Å². The van der Waals surface area contributed by atoms with Crippen molar-refractivity contribution < 1.29 is 4.79 Å². The molecule has 0 fully saturated rings. The monoisotopic (exact) mass is 222 g/mol. The highest BCUT2D eigenvalue weighted by molar-refractivity contribution is 7.99. The lowest BCUT2D eigenvalue weighted by Gasteiger charge is -2.16. The Morgan fingerprint density at radius 3 is 2.13 bits per heavy atom. The van der Waals surface area contributed by atoms with Crippen LogP contribution >= 0.6 is 11.8 Å². The van der Waals surface area contributed by atoms with Gasteiger partial charge in [-0.2, -0.15) is 0 Å². The Labute approximate surface area is 96.3 Å². The molecule has 2 heteroatoms. The zero-order valence-electron chi connectivity index (χ0n) is 9.83. The number of carbonyl (C=O) groups excluding carboxylic acids is 1. The summed E-state index contributed by atoms with van der Waals surface area (Å²) < 4.78 is 0. The zero-order valence-corrected chi connectivity index (χ0v) is 10.6. The van der Waals surface area contributed by atoms with E-state index in [1.807, 2.05) is 45.0 Å². The molecule has 0 bridgehead atoms. The van der Waals surface area contributed by atoms with E-state index < -0.39 is 0 Å². The van der Waals surface area contributed by atoms with Crippen LogP contribution in [0.25, 0.3) is 0 Å². The van der Waals surface area contributed by atoms with Gasteiger partial charge in [0, 0.05) is 15.9 Å². The highest BCUT2D eigenvalue weighted by Crippen LogP contribution is 2.23. The third kappa shape index (κ3) is 3.38. The summed E-state index contributed by atoms with van der Waals surface area (Å²) in [4.78, 5) is 13.2. The van der Waals surface area contributed by atoms with E-state index in [-0.39, 0.29) is 11.2 Å². The maximum absolute atomic E-state index is 11.9. The first-order valence-electron chi connectivity index (χ1n) is 5.23. The molecule has 0 unspecified atom stereocenters. The van der Waals surface area contributed by atoms with Gasteiger partial charge in [-0.15, -0.1) is 11.8 Å². The van der Waals surface area contributed by atoms with E-state index >= 15 is 0 Å². The van der Waals surface area contributed by atoms with Crippen LogP contribution in [0.3, 0.4) is 0 Å². The number of ketones is 1. The highest BCUT2D eigenvalue weighted by atomic mass is 32.2. The minimum absolute atomic E-state index is 0.204. The van der Waals surface area contributed by atoms with Gasteiger partial charge in [0.05, 0.1) is 0 Å². The van der Waals surface area contributed by atoms with Gasteiger partial charge in [-0.1, -0.05) is 39.8 Å². The van der Waals surface area contributed by atoms with E-state index in [4.69, 9.17) is 0 Å². The second kappa shape index (κ2) is 4.84. The lowest BCUT2D eigenvalue weighted by molar-refractivity contribution is 0.0858. The van der Waals surface area contributed by atoms with Gasteiger partial charge in [-0.05, 0) is 17.9 Å². The van der Waals surface area contributed by atoms with Crippen molar-refractivity contribution in [3.63, 3.8) is 0 Å². The van der Waals surface area contributed by atoms with E-state index in [0.29, 0.717) is 0 Å². The van der Waals surface area contributed by atoms with Crippen LogP contribution in [0.1, 0.15) is 38.1 Å². The van der Waals surface area contributed by atoms with Crippen LogP contribution in [-0.2, 0) is 0 Å². The van der Waals surface area contributed by atoms with Crippen molar-refractivity contribution in [1.29, 1.82) is 0 Å². The molecule has 0 N–H and O–H groups in total. The number of hydrogen-bond acceptors (Lipinski definition) is 2. The maximum atomic E-state index is 11.9. The van der Waals surface area contributed by atoms with Gasteiger partial charge >= 0.3 is 0 Å². The topological polar surface area (TPSA) is 17.1 Å². The van der Waals surface area contributed by atoms with Crippen molar-refractivity contribution in [1.82, 2.24) is 0 Å². The summed E-state index contributed by atoms with van der Waals surface area (Å²) >= 11 is 1.79. The van der Waals surface area contributed by atoms with Crippen molar-refractivity contribution in [2.45, 2.75) is 32.6 Å². The minimum Gasteiger partial charge on any atom is -0.294 e. The molecule has 0 amide bonds. The number of thioether (sulfide) groups is 1. The molecule has 0 aliphatic heterocycles. The number of hydrogen-bond donors (Lipinski definition) is 0. The third-order valence-corrected chi connectivity index (χ3v) is 3.00. The standard InChI is InChI=1S/C13H18OS/c1-5-15-11-8-6-10(7-9-11)12(14)13(2,3)4/h6-9H,5H2,1-4H3. The first kappa shape index (κ1) is 12.3. The summed E-state index contributed by atoms with van der Waals surface area (Å²) in [6.07, 6.45) is 0. The lowest BCUT2D eigenvalue weighted by Crippen LogP contribution is -2.19. The van der Waals surface area contributed by atoms with E-state index in [2.05, 4.69) is 6.92 Å². The number of benzene rings is 1. The number of carbonyl (C=O) groups is 1. The molecular weight excluding hydrogens is 204 g/mol. The average Bonchev–Trinajstić information content (AvgIpc) is 2.17. The van der Waals surface area contributed by atoms with Gasteiger partial charge in [0.1, 0.15) is 0 Å². The van der Waals surface area contributed by atoms with Crippen molar-refractivity contribution in [2.24, 2.45) is 5.41 Å². The van der Waals surface area contributed by atoms with Crippen molar-refractivity contribution in [3.8, 4) is 0 Å². The summed E-state index contributed by atoms with van der Waals surface area (Å²) in [5, 5.41) is 0. The second-order valence-electron chi connectivity index (χ2n) is 4.54. The largest absolute Gasteiger partial charge is 0.294 e. The van der Waals surface area contributed by atoms with Crippen molar-refractivity contribution in [3.05, 3.63) is 29.8 Å². The predicted octanol–water partition coefficient (Wildman–Crippen LogP) is 4.03. The number of Topliss-reactive ketones (excluding diaryl/α,β-unsaturated/α-hetero) is 1. The van der Waals surface area contributed by atoms with Crippen LogP contribution in [0.2, 0.25) is 0 Å². The molecule has 0 spiro atoms. The number of rotatable bonds is 3. The van der Waals surface area contributed by atoms with Crippen LogP contribution in [-0.4, -0.2) is 11.5 Å². The van der Waals surface area contributed by atoms with E-state index in [1.54, 1.807) is 11.8 Å². The molecule has 0 saturated carbocycles. The van der Waals surface area contributed by atoms with Gasteiger partial charge in [-0.25, -0.2) is 0 Å². The average molecular weight is 222 g/mol. The molecular formula is C13H18OS. The molecule has 1 rings (SSSR count). The molecule has 1 aromatic rings. The second-order valence-corrected chi connectivity index (χ2v) is 5.87. The van der Waals surface area contributed by atoms with Crippen molar-refractivity contribution >= 4 is 17.5 Å². The van der Waals surface area contributed by atoms with Gasteiger partial charge in [0.15, 0.2) is 5.78 Å². The van der Waals surface area contributed by atoms with Crippen LogP contribution in [0.5, 0.6) is 0 Å². The summed E-state index contributed by atoms with van der Waals surface area (Å²) in [6, 6.07) is 7.89. The summed E-state index contributed by atoms with van der Waals surface area (Å²) in [5.74, 6) is 1.27. The predicted molar refractivity (Wildman–Crippen MR) is 66.6 cm³/mol. The SMILES string of the molecule is CCSc1ccc(C(=O)C(C)(C)C)cc1. The van der Waals surface area contributed by atoms with Gasteiger partial charge in [0.2, 0.25) is 0 Å². The van der Waals surface area contributed by atoms with E-state index in [1.165, 1.54) is 4.90 Å². The molecule has 1 aromatic carbocycles. The van der Waals surface area contributed by atoms with Crippen LogP contribution in [0, 0.1) is 5.41 Å². The zero-order chi connectivity index (χ0) is 11.5. The van der Waals surface area contributed by atoms with Crippen LogP contribution < -0.4 is 0 Å². The molecule has 0 aromatic heterocycles. The van der Waals surface area contributed by atoms with Gasteiger partial charge < -0.3 is 0 Å². The summed E-state index contributed by atoms with van der Waals surface area (Å²) in [7, 11) is 0. The molecule has 0 atom stereocenters. The first-order valence-corrected chi connectivity index (χ1v) is 6.21. The molecule has 0 heterocycles. The van der Waals surface area contributed by atoms with Crippen molar-refractivity contribution in [2.75, 3.05) is 5.75 Å². The summed E-state index contributed by atoms with van der Waals surface area (Å²) in [5.41, 5.74) is 0.516. The molecule has 1 nitrogen and oxygen atoms in total. The molecule has 0 aliphatic carbocycles. The fourth-order valence-corrected chi connectivity index (χ4v) is 1.96. The lowest BCUT2D eigenvalue weighted by atomic mass is 9.87. The molecule has 0 aliphatic rings. The fourth-order valence-electron chi connectivity index (χ4n) is 1.30. The Bertz CT molecular complexity index is 333. The Morgan fingerprint density at radius 2 is 1.73 bits per heavy atom. The normalized spacial score (nSPS) is 11.5. The first-order chi connectivity index (χ1) is 6.95. The Kier molecular flexibility index (Phi) is 3.97. The smallest absolute Gasteiger partial charge is 0.168 e. The molecule has 15 heavy (non-hydrogen) atoms. The Hall–Kier alpha value is -0.760. The molecule has 82 valence electrons. The van der Waals surface area contributed by atoms with Crippen LogP contribution in [0.4, 0.5) is 0 Å². The quantitative estimate of drug-likeness (QED) is 0.567. The minimum atomic E-state index is -0.292. The molecule has 0 radical (unpaired) electrons. The van der Waals surface area contributed by atoms with E-state index in [9.17, 15) is 4.79 Å². The van der Waals surface area contributed by atoms with Crippen LogP contribution in [0.15, 0.2) is 29.2 Å². The van der Waals surface area contributed by atoms with E-state index in [0.717, 1.165) is 11.3 Å². The van der Waals surface area contributed by atoms with Gasteiger partial charge in [0.25, 0.3) is 0 Å². The maximum Gasteiger partial charge on any atom is 0.168 e. The highest BCUT2D eigenvalue weighted by Gasteiger charge is 2.22.